The van der Waals surface area contributed by atoms with Crippen LogP contribution in [0.3, 0.4) is 0 Å². The predicted molar refractivity (Wildman–Crippen MR) is 77.8 cm³/mol. The molecule has 1 N–H and O–H groups in total. The summed E-state index contributed by atoms with van der Waals surface area (Å²) in [5.41, 5.74) is -0.144. The molecule has 106 valence electrons. The van der Waals surface area contributed by atoms with Crippen LogP contribution in [0.2, 0.25) is 0 Å². The topological polar surface area (TPSA) is 50.3 Å². The Morgan fingerprint density at radius 3 is 2.84 bits per heavy atom. The maximum atomic E-state index is 5.93. The van der Waals surface area contributed by atoms with Crippen molar-refractivity contribution in [1.29, 1.82) is 0 Å². The number of morpholine rings is 1. The molecular weight excluding hydrogens is 240 g/mol. The number of nitrogens with one attached hydrogen (secondary N) is 1. The van der Waals surface area contributed by atoms with Crippen LogP contribution in [-0.4, -0.2) is 41.3 Å². The number of ether oxygens (including phenoxy) is 1. The third kappa shape index (κ3) is 3.56. The van der Waals surface area contributed by atoms with Gasteiger partial charge in [0.1, 0.15) is 17.5 Å². The first-order chi connectivity index (χ1) is 8.89. The second kappa shape index (κ2) is 5.33. The molecule has 5 heteroatoms. The lowest BCUT2D eigenvalue weighted by Crippen LogP contribution is -2.52. The van der Waals surface area contributed by atoms with E-state index >= 15 is 0 Å². The zero-order valence-corrected chi connectivity index (χ0v) is 12.5. The van der Waals surface area contributed by atoms with Crippen molar-refractivity contribution in [2.45, 2.75) is 46.3 Å². The molecule has 1 aliphatic rings. The Bertz CT molecular complexity index is 447. The van der Waals surface area contributed by atoms with Gasteiger partial charge in [-0.1, -0.05) is 0 Å². The third-order valence-electron chi connectivity index (χ3n) is 3.08. The first-order valence-electron chi connectivity index (χ1n) is 6.92. The molecule has 0 aromatic carbocycles. The minimum Gasteiger partial charge on any atom is -0.370 e. The standard InChI is InChI=1S/C14H24N4O/c1-6-15-12-7-13(17-11(3)16-12)18-8-10(2)19-14(4,5)9-18/h7,10H,6,8-9H2,1-5H3,(H,15,16,17). The van der Waals surface area contributed by atoms with E-state index in [2.05, 4.69) is 47.9 Å². The van der Waals surface area contributed by atoms with Gasteiger partial charge in [0.05, 0.1) is 11.7 Å². The van der Waals surface area contributed by atoms with Gasteiger partial charge in [-0.15, -0.1) is 0 Å². The molecule has 1 aliphatic heterocycles. The Morgan fingerprint density at radius 2 is 2.21 bits per heavy atom. The van der Waals surface area contributed by atoms with Crippen LogP contribution < -0.4 is 10.2 Å². The number of hydrogen-bond acceptors (Lipinski definition) is 5. The van der Waals surface area contributed by atoms with Gasteiger partial charge < -0.3 is 15.0 Å². The summed E-state index contributed by atoms with van der Waals surface area (Å²) in [6.07, 6.45) is 0.210. The van der Waals surface area contributed by atoms with Crippen molar-refractivity contribution in [2.24, 2.45) is 0 Å². The van der Waals surface area contributed by atoms with E-state index in [1.54, 1.807) is 0 Å². The fourth-order valence-corrected chi connectivity index (χ4v) is 2.61. The van der Waals surface area contributed by atoms with Crippen LogP contribution in [-0.2, 0) is 4.74 Å². The highest BCUT2D eigenvalue weighted by Gasteiger charge is 2.32. The molecule has 0 radical (unpaired) electrons. The van der Waals surface area contributed by atoms with E-state index in [1.165, 1.54) is 0 Å². The number of aromatic nitrogens is 2. The van der Waals surface area contributed by atoms with Gasteiger partial charge in [-0.3, -0.25) is 0 Å². The lowest BCUT2D eigenvalue weighted by Gasteiger charge is -2.42. The van der Waals surface area contributed by atoms with Gasteiger partial charge in [0.15, 0.2) is 0 Å². The summed E-state index contributed by atoms with van der Waals surface area (Å²) in [5.74, 6) is 2.67. The summed E-state index contributed by atoms with van der Waals surface area (Å²) >= 11 is 0. The van der Waals surface area contributed by atoms with Crippen LogP contribution in [0.25, 0.3) is 0 Å². The van der Waals surface area contributed by atoms with Crippen LogP contribution in [0.4, 0.5) is 11.6 Å². The first kappa shape index (κ1) is 14.1. The van der Waals surface area contributed by atoms with Crippen molar-refractivity contribution in [3.05, 3.63) is 11.9 Å². The number of rotatable bonds is 3. The molecule has 0 bridgehead atoms. The molecule has 2 rings (SSSR count). The second-order valence-electron chi connectivity index (χ2n) is 5.76. The summed E-state index contributed by atoms with van der Waals surface area (Å²) in [6, 6.07) is 2.02. The molecule has 1 aromatic rings. The second-order valence-corrected chi connectivity index (χ2v) is 5.76. The minimum absolute atomic E-state index is 0.144. The highest BCUT2D eigenvalue weighted by molar-refractivity contribution is 5.50. The van der Waals surface area contributed by atoms with E-state index in [1.807, 2.05) is 13.0 Å². The minimum atomic E-state index is -0.144. The van der Waals surface area contributed by atoms with E-state index in [4.69, 9.17) is 4.74 Å². The summed E-state index contributed by atoms with van der Waals surface area (Å²) in [7, 11) is 0. The van der Waals surface area contributed by atoms with Crippen molar-refractivity contribution in [1.82, 2.24) is 9.97 Å². The molecular formula is C14H24N4O. The molecule has 1 unspecified atom stereocenters. The molecule has 0 spiro atoms. The molecule has 0 amide bonds. The fraction of sp³-hybridized carbons (Fsp3) is 0.714. The van der Waals surface area contributed by atoms with Crippen LogP contribution in [0.15, 0.2) is 6.07 Å². The molecule has 1 atom stereocenters. The Balaban J connectivity index is 2.25. The maximum Gasteiger partial charge on any atom is 0.134 e. The lowest BCUT2D eigenvalue weighted by atomic mass is 10.1. The maximum absolute atomic E-state index is 5.93. The highest BCUT2D eigenvalue weighted by atomic mass is 16.5. The van der Waals surface area contributed by atoms with Crippen LogP contribution >= 0.6 is 0 Å². The summed E-state index contributed by atoms with van der Waals surface area (Å²) < 4.78 is 5.93. The summed E-state index contributed by atoms with van der Waals surface area (Å²) in [6.45, 7) is 12.9. The number of hydrogen-bond donors (Lipinski definition) is 1. The number of nitrogens with zero attached hydrogens (tertiary/aromatic N) is 3. The fourth-order valence-electron chi connectivity index (χ4n) is 2.61. The molecule has 19 heavy (non-hydrogen) atoms. The molecule has 1 aromatic heterocycles. The van der Waals surface area contributed by atoms with E-state index in [9.17, 15) is 0 Å². The van der Waals surface area contributed by atoms with Crippen molar-refractivity contribution in [3.63, 3.8) is 0 Å². The Morgan fingerprint density at radius 1 is 1.47 bits per heavy atom. The van der Waals surface area contributed by atoms with Gasteiger partial charge in [-0.25, -0.2) is 9.97 Å². The van der Waals surface area contributed by atoms with Gasteiger partial charge in [0, 0.05) is 25.7 Å². The van der Waals surface area contributed by atoms with Gasteiger partial charge in [-0.05, 0) is 34.6 Å². The van der Waals surface area contributed by atoms with Crippen LogP contribution in [0.5, 0.6) is 0 Å². The quantitative estimate of drug-likeness (QED) is 0.907. The van der Waals surface area contributed by atoms with E-state index in [-0.39, 0.29) is 11.7 Å². The first-order valence-corrected chi connectivity index (χ1v) is 6.92. The van der Waals surface area contributed by atoms with Crippen LogP contribution in [0.1, 0.15) is 33.5 Å². The Labute approximate surface area is 115 Å². The predicted octanol–water partition coefficient (Wildman–Crippen LogP) is 2.22. The average molecular weight is 264 g/mol. The van der Waals surface area contributed by atoms with Gasteiger partial charge in [0.2, 0.25) is 0 Å². The molecule has 2 heterocycles. The van der Waals surface area contributed by atoms with Crippen molar-refractivity contribution in [2.75, 3.05) is 29.9 Å². The number of anilines is 2. The third-order valence-corrected chi connectivity index (χ3v) is 3.08. The zero-order valence-electron chi connectivity index (χ0n) is 12.5. The SMILES string of the molecule is CCNc1cc(N2CC(C)OC(C)(C)C2)nc(C)n1. The van der Waals surface area contributed by atoms with Crippen molar-refractivity contribution < 1.29 is 4.74 Å². The largest absolute Gasteiger partial charge is 0.370 e. The Kier molecular flexibility index (Phi) is 3.94. The smallest absolute Gasteiger partial charge is 0.134 e. The lowest BCUT2D eigenvalue weighted by molar-refractivity contribution is -0.0751. The van der Waals surface area contributed by atoms with Crippen molar-refractivity contribution in [3.8, 4) is 0 Å². The molecule has 1 fully saturated rings. The average Bonchev–Trinajstić information content (AvgIpc) is 2.25. The van der Waals surface area contributed by atoms with Crippen molar-refractivity contribution >= 4 is 11.6 Å². The molecule has 0 saturated carbocycles. The monoisotopic (exact) mass is 264 g/mol. The number of aryl methyl sites for hydroxylation is 1. The molecule has 5 nitrogen and oxygen atoms in total. The van der Waals surface area contributed by atoms with Gasteiger partial charge in [-0.2, -0.15) is 0 Å². The normalized spacial score (nSPS) is 22.4. The zero-order chi connectivity index (χ0) is 14.0. The summed E-state index contributed by atoms with van der Waals surface area (Å²) in [5, 5.41) is 3.25. The van der Waals surface area contributed by atoms with Gasteiger partial charge >= 0.3 is 0 Å². The Hall–Kier alpha value is -1.36. The summed E-state index contributed by atoms with van der Waals surface area (Å²) in [4.78, 5) is 11.2. The van der Waals surface area contributed by atoms with E-state index in [0.717, 1.165) is 37.1 Å². The molecule has 1 saturated heterocycles. The van der Waals surface area contributed by atoms with Crippen LogP contribution in [0, 0.1) is 6.92 Å². The van der Waals surface area contributed by atoms with E-state index in [0.29, 0.717) is 0 Å². The van der Waals surface area contributed by atoms with Gasteiger partial charge in [0.25, 0.3) is 0 Å². The highest BCUT2D eigenvalue weighted by Crippen LogP contribution is 2.25. The molecule has 0 aliphatic carbocycles. The van der Waals surface area contributed by atoms with E-state index < -0.39 is 0 Å².